The van der Waals surface area contributed by atoms with Crippen molar-refractivity contribution in [3.63, 3.8) is 0 Å². The van der Waals surface area contributed by atoms with Crippen LogP contribution in [0.2, 0.25) is 0 Å². The summed E-state index contributed by atoms with van der Waals surface area (Å²) in [6.45, 7) is 6.27. The van der Waals surface area contributed by atoms with Gasteiger partial charge >= 0.3 is 0 Å². The van der Waals surface area contributed by atoms with Crippen LogP contribution in [0.1, 0.15) is 37.0 Å². The van der Waals surface area contributed by atoms with Crippen LogP contribution in [-0.4, -0.2) is 75.1 Å². The van der Waals surface area contributed by atoms with Crippen LogP contribution < -0.4 is 4.90 Å². The van der Waals surface area contributed by atoms with Gasteiger partial charge in [-0.15, -0.1) is 0 Å². The summed E-state index contributed by atoms with van der Waals surface area (Å²) >= 11 is 0. The van der Waals surface area contributed by atoms with E-state index in [0.717, 1.165) is 57.9 Å². The van der Waals surface area contributed by atoms with Crippen molar-refractivity contribution in [1.29, 1.82) is 0 Å². The maximum absolute atomic E-state index is 13.0. The summed E-state index contributed by atoms with van der Waals surface area (Å²) in [6, 6.07) is 1.73. The molecular formula is C18H25N7O2. The summed E-state index contributed by atoms with van der Waals surface area (Å²) in [5, 5.41) is 3.89. The molecule has 0 bridgehead atoms. The zero-order chi connectivity index (χ0) is 18.6. The van der Waals surface area contributed by atoms with Gasteiger partial charge < -0.3 is 14.3 Å². The Kier molecular flexibility index (Phi) is 5.28. The number of carbonyl (C=O) groups excluding carboxylic acids is 1. The lowest BCUT2D eigenvalue weighted by Gasteiger charge is -2.37. The first-order chi connectivity index (χ1) is 13.2. The van der Waals surface area contributed by atoms with Gasteiger partial charge in [-0.05, 0) is 32.3 Å². The molecule has 9 nitrogen and oxygen atoms in total. The third kappa shape index (κ3) is 4.08. The van der Waals surface area contributed by atoms with E-state index in [2.05, 4.69) is 29.9 Å². The number of rotatable bonds is 4. The third-order valence-corrected chi connectivity index (χ3v) is 5.22. The van der Waals surface area contributed by atoms with Crippen molar-refractivity contribution in [3.8, 4) is 0 Å². The zero-order valence-electron chi connectivity index (χ0n) is 15.6. The van der Waals surface area contributed by atoms with E-state index in [9.17, 15) is 4.79 Å². The lowest BCUT2D eigenvalue weighted by molar-refractivity contribution is -0.137. The Labute approximate surface area is 158 Å². The third-order valence-electron chi connectivity index (χ3n) is 5.22. The molecule has 2 aliphatic heterocycles. The molecule has 2 aromatic heterocycles. The topological polar surface area (TPSA) is 91.5 Å². The van der Waals surface area contributed by atoms with Gasteiger partial charge in [-0.25, -0.2) is 9.97 Å². The van der Waals surface area contributed by atoms with Crippen LogP contribution in [-0.2, 0) is 4.79 Å². The SMILES string of the molecule is Cc1noc(C2CCCCN2C(=O)CN2CCN(c3ncccn3)CC2)n1. The normalized spacial score (nSPS) is 21.4. The Morgan fingerprint density at radius 1 is 1.15 bits per heavy atom. The molecule has 2 saturated heterocycles. The van der Waals surface area contributed by atoms with Crippen LogP contribution in [0.25, 0.3) is 0 Å². The number of aromatic nitrogens is 4. The van der Waals surface area contributed by atoms with Crippen molar-refractivity contribution < 1.29 is 9.32 Å². The number of likely N-dealkylation sites (tertiary alicyclic amines) is 1. The molecular weight excluding hydrogens is 346 g/mol. The summed E-state index contributed by atoms with van der Waals surface area (Å²) in [6.07, 6.45) is 6.49. The Hall–Kier alpha value is -2.55. The minimum absolute atomic E-state index is 0.0912. The van der Waals surface area contributed by atoms with E-state index >= 15 is 0 Å². The zero-order valence-corrected chi connectivity index (χ0v) is 15.6. The monoisotopic (exact) mass is 371 g/mol. The van der Waals surface area contributed by atoms with E-state index < -0.39 is 0 Å². The number of hydrogen-bond donors (Lipinski definition) is 0. The number of anilines is 1. The standard InChI is InChI=1S/C18H25N7O2/c1-14-21-17(27-22-14)15-5-2-3-8-25(15)16(26)13-23-9-11-24(12-10-23)18-19-6-4-7-20-18/h4,6-7,15H,2-3,5,8-13H2,1H3. The second kappa shape index (κ2) is 7.99. The Morgan fingerprint density at radius 3 is 2.63 bits per heavy atom. The Morgan fingerprint density at radius 2 is 1.93 bits per heavy atom. The summed E-state index contributed by atoms with van der Waals surface area (Å²) in [4.78, 5) is 32.2. The predicted molar refractivity (Wildman–Crippen MR) is 98.0 cm³/mol. The highest BCUT2D eigenvalue weighted by molar-refractivity contribution is 5.78. The largest absolute Gasteiger partial charge is 0.338 e. The molecule has 144 valence electrons. The van der Waals surface area contributed by atoms with Crippen molar-refractivity contribution in [1.82, 2.24) is 29.9 Å². The molecule has 1 atom stereocenters. The summed E-state index contributed by atoms with van der Waals surface area (Å²) in [7, 11) is 0. The summed E-state index contributed by atoms with van der Waals surface area (Å²) in [5.41, 5.74) is 0. The van der Waals surface area contributed by atoms with E-state index in [1.165, 1.54) is 0 Å². The molecule has 2 fully saturated rings. The van der Waals surface area contributed by atoms with Gasteiger partial charge in [0.05, 0.1) is 6.54 Å². The highest BCUT2D eigenvalue weighted by Crippen LogP contribution is 2.30. The van der Waals surface area contributed by atoms with Gasteiger partial charge in [-0.2, -0.15) is 4.98 Å². The number of hydrogen-bond acceptors (Lipinski definition) is 8. The van der Waals surface area contributed by atoms with E-state index in [0.29, 0.717) is 18.3 Å². The number of amides is 1. The molecule has 1 unspecified atom stereocenters. The van der Waals surface area contributed by atoms with E-state index in [-0.39, 0.29) is 11.9 Å². The van der Waals surface area contributed by atoms with Gasteiger partial charge in [-0.3, -0.25) is 9.69 Å². The minimum atomic E-state index is -0.0912. The molecule has 0 N–H and O–H groups in total. The van der Waals surface area contributed by atoms with Crippen molar-refractivity contribution in [3.05, 3.63) is 30.2 Å². The number of piperidine rings is 1. The predicted octanol–water partition coefficient (Wildman–Crippen LogP) is 1.04. The number of aryl methyl sites for hydroxylation is 1. The number of carbonyl (C=O) groups is 1. The molecule has 4 rings (SSSR count). The van der Waals surface area contributed by atoms with Crippen molar-refractivity contribution >= 4 is 11.9 Å². The fourth-order valence-corrected chi connectivity index (χ4v) is 3.78. The first kappa shape index (κ1) is 17.8. The van der Waals surface area contributed by atoms with Gasteiger partial charge in [-0.1, -0.05) is 5.16 Å². The van der Waals surface area contributed by atoms with Crippen LogP contribution in [0.3, 0.4) is 0 Å². The lowest BCUT2D eigenvalue weighted by Crippen LogP contribution is -2.51. The molecule has 0 aromatic carbocycles. The molecule has 0 saturated carbocycles. The summed E-state index contributed by atoms with van der Waals surface area (Å²) in [5.74, 6) is 2.07. The first-order valence-corrected chi connectivity index (χ1v) is 9.55. The fourth-order valence-electron chi connectivity index (χ4n) is 3.78. The van der Waals surface area contributed by atoms with Gasteiger partial charge in [0.2, 0.25) is 17.7 Å². The maximum Gasteiger partial charge on any atom is 0.249 e. The maximum atomic E-state index is 13.0. The van der Waals surface area contributed by atoms with Crippen molar-refractivity contribution in [2.24, 2.45) is 0 Å². The van der Waals surface area contributed by atoms with Crippen molar-refractivity contribution in [2.45, 2.75) is 32.2 Å². The molecule has 2 aromatic rings. The van der Waals surface area contributed by atoms with Gasteiger partial charge in [0.15, 0.2) is 5.82 Å². The fraction of sp³-hybridized carbons (Fsp3) is 0.611. The second-order valence-corrected chi connectivity index (χ2v) is 7.09. The highest BCUT2D eigenvalue weighted by atomic mass is 16.5. The molecule has 4 heterocycles. The molecule has 27 heavy (non-hydrogen) atoms. The van der Waals surface area contributed by atoms with Crippen molar-refractivity contribution in [2.75, 3.05) is 44.2 Å². The molecule has 2 aliphatic rings. The average Bonchev–Trinajstić information content (AvgIpc) is 3.15. The van der Waals surface area contributed by atoms with Crippen LogP contribution in [0, 0.1) is 6.92 Å². The van der Waals surface area contributed by atoms with Gasteiger partial charge in [0, 0.05) is 45.1 Å². The molecule has 9 heteroatoms. The molecule has 0 radical (unpaired) electrons. The summed E-state index contributed by atoms with van der Waals surface area (Å²) < 4.78 is 5.35. The second-order valence-electron chi connectivity index (χ2n) is 7.09. The van der Waals surface area contributed by atoms with Crippen LogP contribution >= 0.6 is 0 Å². The highest BCUT2D eigenvalue weighted by Gasteiger charge is 2.33. The van der Waals surface area contributed by atoms with E-state index in [1.807, 2.05) is 11.0 Å². The molecule has 1 amide bonds. The van der Waals surface area contributed by atoms with Gasteiger partial charge in [0.1, 0.15) is 6.04 Å². The van der Waals surface area contributed by atoms with Crippen LogP contribution in [0.15, 0.2) is 23.0 Å². The van der Waals surface area contributed by atoms with Crippen LogP contribution in [0.4, 0.5) is 5.95 Å². The lowest BCUT2D eigenvalue weighted by atomic mass is 10.0. The van der Waals surface area contributed by atoms with E-state index in [4.69, 9.17) is 4.52 Å². The Bertz CT molecular complexity index is 758. The minimum Gasteiger partial charge on any atom is -0.338 e. The van der Waals surface area contributed by atoms with Gasteiger partial charge in [0.25, 0.3) is 0 Å². The average molecular weight is 371 g/mol. The van der Waals surface area contributed by atoms with Crippen LogP contribution in [0.5, 0.6) is 0 Å². The quantitative estimate of drug-likeness (QED) is 0.787. The first-order valence-electron chi connectivity index (χ1n) is 9.55. The van der Waals surface area contributed by atoms with E-state index in [1.54, 1.807) is 19.3 Å². The molecule has 0 aliphatic carbocycles. The number of nitrogens with zero attached hydrogens (tertiary/aromatic N) is 7. The smallest absolute Gasteiger partial charge is 0.249 e. The number of piperazine rings is 1. The molecule has 0 spiro atoms. The Balaban J connectivity index is 1.34.